The van der Waals surface area contributed by atoms with Crippen molar-refractivity contribution in [1.82, 2.24) is 9.78 Å². The van der Waals surface area contributed by atoms with Crippen molar-refractivity contribution in [2.24, 2.45) is 0 Å². The first-order chi connectivity index (χ1) is 12.3. The molecule has 1 aromatic carbocycles. The molecule has 2 aromatic rings. The van der Waals surface area contributed by atoms with E-state index in [0.29, 0.717) is 11.4 Å². The topological polar surface area (TPSA) is 87.2 Å². The summed E-state index contributed by atoms with van der Waals surface area (Å²) in [4.78, 5) is 40.8. The average molecular weight is 354 g/mol. The maximum atomic E-state index is 13.6. The van der Waals surface area contributed by atoms with Gasteiger partial charge in [-0.15, -0.1) is 0 Å². The van der Waals surface area contributed by atoms with Crippen molar-refractivity contribution in [3.05, 3.63) is 45.7 Å². The van der Waals surface area contributed by atoms with E-state index in [1.54, 1.807) is 9.58 Å². The maximum absolute atomic E-state index is 13.6. The van der Waals surface area contributed by atoms with Crippen LogP contribution in [-0.4, -0.2) is 27.6 Å². The van der Waals surface area contributed by atoms with E-state index >= 15 is 0 Å². The summed E-state index contributed by atoms with van der Waals surface area (Å²) in [6.45, 7) is 7.69. The van der Waals surface area contributed by atoms with Crippen LogP contribution in [-0.2, 0) is 15.0 Å². The number of carbonyl (C=O) groups excluding carboxylic acids is 2. The molecule has 0 saturated carbocycles. The lowest BCUT2D eigenvalue weighted by Gasteiger charge is -2.33. The summed E-state index contributed by atoms with van der Waals surface area (Å²) < 4.78 is 1.63. The highest BCUT2D eigenvalue weighted by Crippen LogP contribution is 2.51. The van der Waals surface area contributed by atoms with E-state index in [-0.39, 0.29) is 35.9 Å². The Bertz CT molecular complexity index is 985. The molecule has 7 nitrogen and oxygen atoms in total. The third kappa shape index (κ3) is 1.91. The van der Waals surface area contributed by atoms with E-state index in [1.807, 2.05) is 52.0 Å². The van der Waals surface area contributed by atoms with E-state index in [0.717, 1.165) is 11.3 Å². The fourth-order valence-corrected chi connectivity index (χ4v) is 4.26. The van der Waals surface area contributed by atoms with Crippen LogP contribution in [0.4, 0.5) is 11.5 Å². The Hall–Kier alpha value is -2.83. The lowest BCUT2D eigenvalue weighted by atomic mass is 9.71. The van der Waals surface area contributed by atoms with E-state index in [4.69, 9.17) is 0 Å². The Morgan fingerprint density at radius 1 is 1.04 bits per heavy atom. The van der Waals surface area contributed by atoms with Gasteiger partial charge in [0.15, 0.2) is 0 Å². The molecule has 7 heteroatoms. The average Bonchev–Trinajstić information content (AvgIpc) is 3.02. The number of nitrogens with one attached hydrogen (secondary N) is 2. The predicted molar refractivity (Wildman–Crippen MR) is 98.5 cm³/mol. The summed E-state index contributed by atoms with van der Waals surface area (Å²) >= 11 is 0. The van der Waals surface area contributed by atoms with Gasteiger partial charge in [-0.25, -0.2) is 0 Å². The van der Waals surface area contributed by atoms with E-state index in [1.165, 1.54) is 0 Å². The molecule has 1 atom stereocenters. The van der Waals surface area contributed by atoms with Gasteiger partial charge >= 0.3 is 0 Å². The fourth-order valence-electron chi connectivity index (χ4n) is 4.26. The van der Waals surface area contributed by atoms with Gasteiger partial charge in [0, 0.05) is 17.8 Å². The van der Waals surface area contributed by atoms with Crippen molar-refractivity contribution < 1.29 is 9.59 Å². The molecule has 0 radical (unpaired) electrons. The number of nitrogens with zero attached hydrogens (tertiary/aromatic N) is 2. The van der Waals surface area contributed by atoms with Crippen molar-refractivity contribution in [3.63, 3.8) is 0 Å². The minimum Gasteiger partial charge on any atom is -0.311 e. The molecule has 2 N–H and O–H groups in total. The number of anilines is 2. The molecule has 0 bridgehead atoms. The smallest absolute Gasteiger partial charge is 0.270 e. The molecule has 0 saturated heterocycles. The number of aromatic nitrogens is 2. The van der Waals surface area contributed by atoms with Crippen molar-refractivity contribution >= 4 is 23.3 Å². The van der Waals surface area contributed by atoms with Gasteiger partial charge in [-0.2, -0.15) is 0 Å². The van der Waals surface area contributed by atoms with Gasteiger partial charge in [0.2, 0.25) is 11.8 Å². The van der Waals surface area contributed by atoms with Crippen LogP contribution in [0.5, 0.6) is 0 Å². The Balaban J connectivity index is 2.09. The molecule has 0 unspecified atom stereocenters. The highest BCUT2D eigenvalue weighted by Gasteiger charge is 2.58. The molecule has 2 amide bonds. The second-order valence-electron chi connectivity index (χ2n) is 7.54. The molecule has 1 spiro atoms. The quantitative estimate of drug-likeness (QED) is 0.866. The first-order valence-electron chi connectivity index (χ1n) is 8.87. The molecule has 4 rings (SSSR count). The summed E-state index contributed by atoms with van der Waals surface area (Å²) in [6, 6.07) is 7.30. The minimum absolute atomic E-state index is 0.0603. The monoisotopic (exact) mass is 354 g/mol. The SMILES string of the molecule is CC(C)N1C(=O)[C@@]2(CC(=O)Nc3c2c(=O)[nH]n3C(C)C)c2ccccc21. The van der Waals surface area contributed by atoms with Crippen molar-refractivity contribution in [1.29, 1.82) is 0 Å². The van der Waals surface area contributed by atoms with Crippen LogP contribution in [0.1, 0.15) is 51.3 Å². The van der Waals surface area contributed by atoms with Crippen LogP contribution in [0.3, 0.4) is 0 Å². The van der Waals surface area contributed by atoms with Crippen molar-refractivity contribution in [2.75, 3.05) is 10.2 Å². The standard InChI is InChI=1S/C19H22N4O3/c1-10(2)22-13-8-6-5-7-12(13)19(18(22)26)9-14(24)20-16-15(19)17(25)21-23(16)11(3)4/h5-8,10-11H,9H2,1-4H3,(H,20,24)(H,21,25)/t19-/m0/s1. The van der Waals surface area contributed by atoms with Crippen molar-refractivity contribution in [3.8, 4) is 0 Å². The molecular weight excluding hydrogens is 332 g/mol. The second-order valence-corrected chi connectivity index (χ2v) is 7.54. The molecular formula is C19H22N4O3. The van der Waals surface area contributed by atoms with Crippen LogP contribution >= 0.6 is 0 Å². The number of rotatable bonds is 2. The number of para-hydroxylation sites is 1. The second kappa shape index (κ2) is 5.33. The van der Waals surface area contributed by atoms with Crippen LogP contribution in [0.2, 0.25) is 0 Å². The lowest BCUT2D eigenvalue weighted by molar-refractivity contribution is -0.127. The van der Waals surface area contributed by atoms with E-state index < -0.39 is 5.41 Å². The lowest BCUT2D eigenvalue weighted by Crippen LogP contribution is -2.50. The Morgan fingerprint density at radius 2 is 1.73 bits per heavy atom. The summed E-state index contributed by atoms with van der Waals surface area (Å²) in [6.07, 6.45) is -0.0652. The van der Waals surface area contributed by atoms with Crippen LogP contribution < -0.4 is 15.8 Å². The number of benzene rings is 1. The van der Waals surface area contributed by atoms with Gasteiger partial charge in [0.05, 0.1) is 12.0 Å². The normalized spacial score (nSPS) is 21.5. The molecule has 136 valence electrons. The Kier molecular flexibility index (Phi) is 3.41. The van der Waals surface area contributed by atoms with Gasteiger partial charge in [0.1, 0.15) is 11.2 Å². The fraction of sp³-hybridized carbons (Fsp3) is 0.421. The number of H-pyrrole nitrogens is 1. The van der Waals surface area contributed by atoms with Crippen LogP contribution in [0.25, 0.3) is 0 Å². The summed E-state index contributed by atoms with van der Waals surface area (Å²) in [7, 11) is 0. The van der Waals surface area contributed by atoms with Gasteiger partial charge in [-0.3, -0.25) is 24.2 Å². The number of aromatic amines is 1. The number of amides is 2. The molecule has 0 aliphatic carbocycles. The molecule has 1 aromatic heterocycles. The van der Waals surface area contributed by atoms with E-state index in [2.05, 4.69) is 10.4 Å². The first kappa shape index (κ1) is 16.6. The molecule has 2 aliphatic heterocycles. The van der Waals surface area contributed by atoms with E-state index in [9.17, 15) is 14.4 Å². The molecule has 0 fully saturated rings. The van der Waals surface area contributed by atoms with Gasteiger partial charge < -0.3 is 10.2 Å². The number of hydrogen-bond acceptors (Lipinski definition) is 3. The zero-order valence-electron chi connectivity index (χ0n) is 15.3. The van der Waals surface area contributed by atoms with Gasteiger partial charge in [-0.1, -0.05) is 18.2 Å². The summed E-state index contributed by atoms with van der Waals surface area (Å²) in [5, 5.41) is 5.60. The largest absolute Gasteiger partial charge is 0.311 e. The molecule has 26 heavy (non-hydrogen) atoms. The zero-order valence-corrected chi connectivity index (χ0v) is 15.3. The molecule has 2 aliphatic rings. The highest BCUT2D eigenvalue weighted by atomic mass is 16.2. The summed E-state index contributed by atoms with van der Waals surface area (Å²) in [5.74, 6) is -0.0773. The third-order valence-corrected chi connectivity index (χ3v) is 5.28. The summed E-state index contributed by atoms with van der Waals surface area (Å²) in [5.41, 5.74) is 0.229. The van der Waals surface area contributed by atoms with Crippen molar-refractivity contribution in [2.45, 2.75) is 51.6 Å². The minimum atomic E-state index is -1.27. The van der Waals surface area contributed by atoms with Crippen LogP contribution in [0, 0.1) is 0 Å². The Labute approximate surface area is 151 Å². The first-order valence-corrected chi connectivity index (χ1v) is 8.87. The maximum Gasteiger partial charge on any atom is 0.270 e. The molecule has 3 heterocycles. The van der Waals surface area contributed by atoms with Crippen LogP contribution in [0.15, 0.2) is 29.1 Å². The number of carbonyl (C=O) groups is 2. The Morgan fingerprint density at radius 3 is 2.38 bits per heavy atom. The highest BCUT2D eigenvalue weighted by molar-refractivity contribution is 6.15. The number of hydrogen-bond donors (Lipinski definition) is 2. The van der Waals surface area contributed by atoms with Gasteiger partial charge in [-0.05, 0) is 39.3 Å². The number of fused-ring (bicyclic) bond motifs is 4. The van der Waals surface area contributed by atoms with Gasteiger partial charge in [0.25, 0.3) is 5.56 Å². The zero-order chi connectivity index (χ0) is 18.8. The predicted octanol–water partition coefficient (Wildman–Crippen LogP) is 2.14. The third-order valence-electron chi connectivity index (χ3n) is 5.28.